The molecule has 0 radical (unpaired) electrons. The first-order chi connectivity index (χ1) is 8.29. The van der Waals surface area contributed by atoms with Crippen LogP contribution in [0.1, 0.15) is 5.82 Å². The number of nitrogens with zero attached hydrogens (tertiary/aromatic N) is 3. The van der Waals surface area contributed by atoms with Gasteiger partial charge in [-0.25, -0.2) is 14.8 Å². The SMILES string of the molecule is COC(=O)C=[N+]1C=CC(c2ncccn2)=CN1. The van der Waals surface area contributed by atoms with Crippen molar-refractivity contribution >= 4 is 17.8 Å². The van der Waals surface area contributed by atoms with E-state index in [4.69, 9.17) is 0 Å². The van der Waals surface area contributed by atoms with Crippen molar-refractivity contribution in [3.63, 3.8) is 0 Å². The Balaban J connectivity index is 2.12. The topological polar surface area (TPSA) is 67.1 Å². The molecule has 0 fully saturated rings. The predicted molar refractivity (Wildman–Crippen MR) is 60.6 cm³/mol. The number of ether oxygens (including phenoxy) is 1. The van der Waals surface area contributed by atoms with Gasteiger partial charge in [-0.1, -0.05) is 4.68 Å². The van der Waals surface area contributed by atoms with Crippen LogP contribution in [-0.4, -0.2) is 33.9 Å². The highest BCUT2D eigenvalue weighted by Gasteiger charge is 2.11. The number of rotatable bonds is 2. The number of nitrogens with one attached hydrogen (secondary N) is 1. The van der Waals surface area contributed by atoms with Gasteiger partial charge in [0.15, 0.2) is 5.82 Å². The lowest BCUT2D eigenvalue weighted by Gasteiger charge is -2.04. The van der Waals surface area contributed by atoms with E-state index >= 15 is 0 Å². The van der Waals surface area contributed by atoms with E-state index in [1.54, 1.807) is 36.9 Å². The lowest BCUT2D eigenvalue weighted by Crippen LogP contribution is -2.26. The molecule has 1 aliphatic heterocycles. The second kappa shape index (κ2) is 5.02. The van der Waals surface area contributed by atoms with Crippen molar-refractivity contribution in [2.75, 3.05) is 7.11 Å². The summed E-state index contributed by atoms with van der Waals surface area (Å²) in [6.07, 6.45) is 9.81. The van der Waals surface area contributed by atoms with Crippen molar-refractivity contribution < 1.29 is 14.2 Å². The van der Waals surface area contributed by atoms with Crippen LogP contribution in [0.4, 0.5) is 0 Å². The number of hydrazine groups is 1. The summed E-state index contributed by atoms with van der Waals surface area (Å²) < 4.78 is 5.99. The molecule has 0 aliphatic carbocycles. The molecular formula is C11H11N4O2+. The fourth-order valence-electron chi connectivity index (χ4n) is 1.23. The van der Waals surface area contributed by atoms with Gasteiger partial charge >= 0.3 is 5.97 Å². The van der Waals surface area contributed by atoms with E-state index in [0.29, 0.717) is 5.82 Å². The Morgan fingerprint density at radius 3 is 2.82 bits per heavy atom. The summed E-state index contributed by atoms with van der Waals surface area (Å²) >= 11 is 0. The second-order valence-corrected chi connectivity index (χ2v) is 3.18. The molecule has 0 bridgehead atoms. The number of methoxy groups -OCH3 is 1. The summed E-state index contributed by atoms with van der Waals surface area (Å²) in [5, 5.41) is 0. The third-order valence-corrected chi connectivity index (χ3v) is 2.05. The molecule has 1 aliphatic rings. The molecule has 0 spiro atoms. The zero-order valence-corrected chi connectivity index (χ0v) is 9.20. The minimum absolute atomic E-state index is 0.435. The Bertz CT molecular complexity index is 505. The number of aromatic nitrogens is 2. The molecule has 0 atom stereocenters. The molecule has 6 heteroatoms. The molecular weight excluding hydrogens is 220 g/mol. The molecule has 0 amide bonds. The van der Waals surface area contributed by atoms with Gasteiger partial charge in [0.05, 0.1) is 13.3 Å². The monoisotopic (exact) mass is 231 g/mol. The Labute approximate surface area is 97.9 Å². The summed E-state index contributed by atoms with van der Waals surface area (Å²) in [5.41, 5.74) is 3.71. The van der Waals surface area contributed by atoms with Gasteiger partial charge in [-0.2, -0.15) is 5.43 Å². The fourth-order valence-corrected chi connectivity index (χ4v) is 1.23. The average Bonchev–Trinajstić information content (AvgIpc) is 2.40. The van der Waals surface area contributed by atoms with Gasteiger partial charge in [-0.3, -0.25) is 0 Å². The van der Waals surface area contributed by atoms with E-state index in [9.17, 15) is 4.79 Å². The van der Waals surface area contributed by atoms with Crippen LogP contribution in [-0.2, 0) is 9.53 Å². The van der Waals surface area contributed by atoms with E-state index < -0.39 is 5.97 Å². The Kier molecular flexibility index (Phi) is 3.25. The zero-order valence-electron chi connectivity index (χ0n) is 9.20. The van der Waals surface area contributed by atoms with Gasteiger partial charge < -0.3 is 4.74 Å². The maximum atomic E-state index is 11.0. The van der Waals surface area contributed by atoms with E-state index in [0.717, 1.165) is 5.57 Å². The highest BCUT2D eigenvalue weighted by atomic mass is 16.5. The van der Waals surface area contributed by atoms with Gasteiger partial charge in [-0.15, -0.1) is 0 Å². The Hall–Kier alpha value is -2.50. The van der Waals surface area contributed by atoms with E-state index in [1.807, 2.05) is 0 Å². The Morgan fingerprint density at radius 2 is 2.24 bits per heavy atom. The number of allylic oxidation sites excluding steroid dienone is 2. The summed E-state index contributed by atoms with van der Waals surface area (Å²) in [6.45, 7) is 0. The molecule has 2 rings (SSSR count). The first kappa shape index (κ1) is 11.0. The normalized spacial score (nSPS) is 16.3. The van der Waals surface area contributed by atoms with Crippen molar-refractivity contribution in [3.05, 3.63) is 42.8 Å². The summed E-state index contributed by atoms with van der Waals surface area (Å²) in [7, 11) is 1.32. The third-order valence-electron chi connectivity index (χ3n) is 2.05. The van der Waals surface area contributed by atoms with Crippen molar-refractivity contribution in [1.82, 2.24) is 15.4 Å². The first-order valence-corrected chi connectivity index (χ1v) is 4.92. The smallest absolute Gasteiger partial charge is 0.398 e. The van der Waals surface area contributed by atoms with Crippen LogP contribution in [0.25, 0.3) is 5.57 Å². The van der Waals surface area contributed by atoms with Crippen LogP contribution in [0.5, 0.6) is 0 Å². The molecule has 0 aromatic carbocycles. The number of carbonyl (C=O) groups is 1. The molecule has 1 aromatic rings. The minimum Gasteiger partial charge on any atom is -0.461 e. The van der Waals surface area contributed by atoms with Gasteiger partial charge in [0, 0.05) is 24.0 Å². The zero-order chi connectivity index (χ0) is 12.1. The number of hydrazone groups is 1. The van der Waals surface area contributed by atoms with Crippen molar-refractivity contribution in [2.45, 2.75) is 0 Å². The Morgan fingerprint density at radius 1 is 1.47 bits per heavy atom. The van der Waals surface area contributed by atoms with Crippen LogP contribution in [0, 0.1) is 0 Å². The number of esters is 1. The molecule has 6 nitrogen and oxygen atoms in total. The van der Waals surface area contributed by atoms with Crippen molar-refractivity contribution in [2.24, 2.45) is 0 Å². The molecule has 1 N–H and O–H groups in total. The third kappa shape index (κ3) is 2.75. The minimum atomic E-state index is -0.435. The van der Waals surface area contributed by atoms with Crippen molar-refractivity contribution in [1.29, 1.82) is 0 Å². The maximum absolute atomic E-state index is 11.0. The molecule has 0 saturated heterocycles. The second-order valence-electron chi connectivity index (χ2n) is 3.18. The van der Waals surface area contributed by atoms with E-state index in [-0.39, 0.29) is 0 Å². The van der Waals surface area contributed by atoms with E-state index in [1.165, 1.54) is 18.0 Å². The van der Waals surface area contributed by atoms with Gasteiger partial charge in [0.1, 0.15) is 0 Å². The number of hydrogen-bond acceptors (Lipinski definition) is 5. The standard InChI is InChI=1S/C11H10N4O2/c1-17-10(16)8-15-6-3-9(7-14-15)11-12-4-2-5-13-11/h2-8H,1H3/p+1. The first-order valence-electron chi connectivity index (χ1n) is 4.92. The van der Waals surface area contributed by atoms with Gasteiger partial charge in [0.2, 0.25) is 6.20 Å². The van der Waals surface area contributed by atoms with E-state index in [2.05, 4.69) is 20.1 Å². The molecule has 2 heterocycles. The van der Waals surface area contributed by atoms with Crippen LogP contribution in [0.15, 0.2) is 36.9 Å². The molecule has 17 heavy (non-hydrogen) atoms. The van der Waals surface area contributed by atoms with Crippen LogP contribution in [0.3, 0.4) is 0 Å². The fraction of sp³-hybridized carbons (Fsp3) is 0.0909. The highest BCUT2D eigenvalue weighted by molar-refractivity contribution is 6.20. The van der Waals surface area contributed by atoms with Crippen LogP contribution < -0.4 is 5.43 Å². The van der Waals surface area contributed by atoms with Crippen LogP contribution >= 0.6 is 0 Å². The lowest BCUT2D eigenvalue weighted by atomic mass is 10.2. The van der Waals surface area contributed by atoms with Crippen LogP contribution in [0.2, 0.25) is 0 Å². The predicted octanol–water partition coefficient (Wildman–Crippen LogP) is 0.106. The maximum Gasteiger partial charge on any atom is 0.398 e. The molecule has 1 aromatic heterocycles. The molecule has 86 valence electrons. The summed E-state index contributed by atoms with van der Waals surface area (Å²) in [6, 6.07) is 1.75. The largest absolute Gasteiger partial charge is 0.461 e. The van der Waals surface area contributed by atoms with Gasteiger partial charge in [-0.05, 0) is 6.07 Å². The summed E-state index contributed by atoms with van der Waals surface area (Å²) in [4.78, 5) is 19.2. The van der Waals surface area contributed by atoms with Crippen molar-refractivity contribution in [3.8, 4) is 0 Å². The highest BCUT2D eigenvalue weighted by Crippen LogP contribution is 2.10. The quantitative estimate of drug-likeness (QED) is 0.578. The molecule has 0 saturated carbocycles. The number of hydrogen-bond donors (Lipinski definition) is 1. The lowest BCUT2D eigenvalue weighted by molar-refractivity contribution is -0.506. The number of carbonyl (C=O) groups excluding carboxylic acids is 1. The van der Waals surface area contributed by atoms with Gasteiger partial charge in [0.25, 0.3) is 6.21 Å². The molecule has 0 unspecified atom stereocenters. The summed E-state index contributed by atoms with van der Waals surface area (Å²) in [5.74, 6) is 0.184. The average molecular weight is 231 g/mol.